The van der Waals surface area contributed by atoms with Crippen LogP contribution in [0.3, 0.4) is 0 Å². The highest BCUT2D eigenvalue weighted by molar-refractivity contribution is 4.96. The summed E-state index contributed by atoms with van der Waals surface area (Å²) in [5.41, 5.74) is 0. The summed E-state index contributed by atoms with van der Waals surface area (Å²) in [4.78, 5) is 0. The second-order valence-corrected chi connectivity index (χ2v) is 3.50. The highest BCUT2D eigenvalue weighted by Crippen LogP contribution is 2.54. The first-order valence-corrected chi connectivity index (χ1v) is 3.99. The van der Waals surface area contributed by atoms with Gasteiger partial charge >= 0.3 is 18.4 Å². The van der Waals surface area contributed by atoms with E-state index in [1.807, 2.05) is 0 Å². The highest BCUT2D eigenvalue weighted by Gasteiger charge is 2.78. The SMILES string of the molecule is CC(F)(F)C1(C)OC(F)(F)C(F)(C(F)F)O1. The Morgan fingerprint density at radius 3 is 1.69 bits per heavy atom. The first-order chi connectivity index (χ1) is 6.86. The average Bonchev–Trinajstić information content (AvgIpc) is 2.18. The number of hydrogen-bond acceptors (Lipinski definition) is 2. The van der Waals surface area contributed by atoms with Crippen LogP contribution < -0.4 is 0 Å². The fourth-order valence-electron chi connectivity index (χ4n) is 1.03. The lowest BCUT2D eigenvalue weighted by atomic mass is 10.2. The van der Waals surface area contributed by atoms with Gasteiger partial charge in [0, 0.05) is 6.92 Å². The van der Waals surface area contributed by atoms with Crippen molar-refractivity contribution in [2.45, 2.75) is 43.9 Å². The van der Waals surface area contributed by atoms with E-state index in [9.17, 15) is 30.7 Å². The van der Waals surface area contributed by atoms with Gasteiger partial charge < -0.3 is 0 Å². The molecule has 9 heteroatoms. The Hall–Kier alpha value is -0.570. The molecule has 96 valence electrons. The maximum absolute atomic E-state index is 13.1. The first-order valence-electron chi connectivity index (χ1n) is 3.99. The van der Waals surface area contributed by atoms with Crippen LogP contribution in [-0.4, -0.2) is 30.1 Å². The van der Waals surface area contributed by atoms with E-state index in [1.54, 1.807) is 0 Å². The smallest absolute Gasteiger partial charge is 0.296 e. The molecule has 0 aromatic carbocycles. The highest BCUT2D eigenvalue weighted by atomic mass is 19.3. The standard InChI is InChI=1S/C7H7F7O2/c1-4(10,11)5(2)15-6(12,3(8)9)7(13,14)16-5/h3H,1-2H3. The van der Waals surface area contributed by atoms with E-state index < -0.39 is 30.1 Å². The van der Waals surface area contributed by atoms with Gasteiger partial charge in [0.15, 0.2) is 0 Å². The van der Waals surface area contributed by atoms with Gasteiger partial charge in [-0.2, -0.15) is 13.2 Å². The van der Waals surface area contributed by atoms with Gasteiger partial charge in [0.1, 0.15) is 0 Å². The van der Waals surface area contributed by atoms with Crippen molar-refractivity contribution in [3.63, 3.8) is 0 Å². The molecule has 0 aromatic rings. The van der Waals surface area contributed by atoms with Gasteiger partial charge in [0.2, 0.25) is 5.79 Å². The fourth-order valence-corrected chi connectivity index (χ4v) is 1.03. The van der Waals surface area contributed by atoms with E-state index in [2.05, 4.69) is 9.47 Å². The van der Waals surface area contributed by atoms with Crippen LogP contribution in [0.15, 0.2) is 0 Å². The third kappa shape index (κ3) is 1.65. The molecule has 2 unspecified atom stereocenters. The zero-order chi connectivity index (χ0) is 13.0. The van der Waals surface area contributed by atoms with E-state index in [4.69, 9.17) is 0 Å². The van der Waals surface area contributed by atoms with E-state index in [0.717, 1.165) is 0 Å². The molecule has 0 radical (unpaired) electrons. The molecule has 1 saturated heterocycles. The summed E-state index contributed by atoms with van der Waals surface area (Å²) < 4.78 is 94.9. The van der Waals surface area contributed by atoms with Gasteiger partial charge in [0.25, 0.3) is 5.92 Å². The molecule has 0 amide bonds. The summed E-state index contributed by atoms with van der Waals surface area (Å²) in [7, 11) is 0. The van der Waals surface area contributed by atoms with Crippen molar-refractivity contribution in [1.29, 1.82) is 0 Å². The number of halogens is 7. The molecular weight excluding hydrogens is 249 g/mol. The van der Waals surface area contributed by atoms with E-state index in [-0.39, 0.29) is 13.8 Å². The van der Waals surface area contributed by atoms with Crippen LogP contribution in [0.1, 0.15) is 13.8 Å². The number of alkyl halides is 7. The topological polar surface area (TPSA) is 18.5 Å². The van der Waals surface area contributed by atoms with Crippen LogP contribution in [0.2, 0.25) is 0 Å². The average molecular weight is 256 g/mol. The van der Waals surface area contributed by atoms with Crippen LogP contribution in [0.25, 0.3) is 0 Å². The Bertz CT molecular complexity index is 289. The quantitative estimate of drug-likeness (QED) is 0.707. The Morgan fingerprint density at radius 1 is 1.06 bits per heavy atom. The molecule has 0 N–H and O–H groups in total. The molecule has 1 rings (SSSR count). The molecular formula is C7H7F7O2. The van der Waals surface area contributed by atoms with Gasteiger partial charge in [-0.05, 0) is 6.92 Å². The predicted octanol–water partition coefficient (Wildman–Crippen LogP) is 2.93. The Labute approximate surface area is 85.3 Å². The summed E-state index contributed by atoms with van der Waals surface area (Å²) in [6, 6.07) is 0. The van der Waals surface area contributed by atoms with Gasteiger partial charge in [-0.1, -0.05) is 0 Å². The molecule has 0 aromatic heterocycles. The van der Waals surface area contributed by atoms with Gasteiger partial charge in [-0.15, -0.1) is 0 Å². The summed E-state index contributed by atoms with van der Waals surface area (Å²) in [6.07, 6.45) is -9.48. The van der Waals surface area contributed by atoms with Crippen molar-refractivity contribution in [1.82, 2.24) is 0 Å². The minimum Gasteiger partial charge on any atom is -0.296 e. The van der Waals surface area contributed by atoms with Crippen LogP contribution >= 0.6 is 0 Å². The monoisotopic (exact) mass is 256 g/mol. The fraction of sp³-hybridized carbons (Fsp3) is 1.00. The molecule has 16 heavy (non-hydrogen) atoms. The van der Waals surface area contributed by atoms with Crippen LogP contribution in [0, 0.1) is 0 Å². The van der Waals surface area contributed by atoms with Crippen molar-refractivity contribution < 1.29 is 40.2 Å². The largest absolute Gasteiger partial charge is 0.423 e. The summed E-state index contributed by atoms with van der Waals surface area (Å²) in [6.45, 7) is 0.338. The lowest BCUT2D eigenvalue weighted by Crippen LogP contribution is -2.48. The van der Waals surface area contributed by atoms with Crippen LogP contribution in [-0.2, 0) is 9.47 Å². The Morgan fingerprint density at radius 2 is 1.50 bits per heavy atom. The molecule has 1 aliphatic rings. The van der Waals surface area contributed by atoms with Crippen molar-refractivity contribution in [2.75, 3.05) is 0 Å². The summed E-state index contributed by atoms with van der Waals surface area (Å²) >= 11 is 0. The zero-order valence-electron chi connectivity index (χ0n) is 8.04. The third-order valence-electron chi connectivity index (χ3n) is 2.14. The molecule has 1 aliphatic heterocycles. The third-order valence-corrected chi connectivity index (χ3v) is 2.14. The van der Waals surface area contributed by atoms with E-state index in [1.165, 1.54) is 0 Å². The molecule has 0 bridgehead atoms. The molecule has 2 nitrogen and oxygen atoms in total. The normalized spacial score (nSPS) is 39.4. The van der Waals surface area contributed by atoms with Crippen LogP contribution in [0.5, 0.6) is 0 Å². The maximum atomic E-state index is 13.1. The lowest BCUT2D eigenvalue weighted by Gasteiger charge is -2.28. The lowest BCUT2D eigenvalue weighted by molar-refractivity contribution is -0.330. The van der Waals surface area contributed by atoms with Crippen molar-refractivity contribution in [2.24, 2.45) is 0 Å². The van der Waals surface area contributed by atoms with Gasteiger partial charge in [0.05, 0.1) is 0 Å². The van der Waals surface area contributed by atoms with Gasteiger partial charge in [-0.25, -0.2) is 17.6 Å². The molecule has 2 atom stereocenters. The van der Waals surface area contributed by atoms with Crippen molar-refractivity contribution >= 4 is 0 Å². The Balaban J connectivity index is 3.14. The van der Waals surface area contributed by atoms with Gasteiger partial charge in [-0.3, -0.25) is 9.47 Å². The van der Waals surface area contributed by atoms with Crippen LogP contribution in [0.4, 0.5) is 30.7 Å². The molecule has 1 heterocycles. The summed E-state index contributed by atoms with van der Waals surface area (Å²) in [5, 5.41) is 0. The Kier molecular flexibility index (Phi) is 2.72. The minimum absolute atomic E-state index is 0.0836. The second kappa shape index (κ2) is 3.22. The van der Waals surface area contributed by atoms with Crippen molar-refractivity contribution in [3.05, 3.63) is 0 Å². The minimum atomic E-state index is -5.16. The predicted molar refractivity (Wildman–Crippen MR) is 36.0 cm³/mol. The van der Waals surface area contributed by atoms with Crippen molar-refractivity contribution in [3.8, 4) is 0 Å². The van der Waals surface area contributed by atoms with E-state index in [0.29, 0.717) is 0 Å². The maximum Gasteiger partial charge on any atom is 0.423 e. The molecule has 0 aliphatic carbocycles. The molecule has 1 fully saturated rings. The van der Waals surface area contributed by atoms with E-state index >= 15 is 0 Å². The number of rotatable bonds is 2. The zero-order valence-corrected chi connectivity index (χ0v) is 8.04. The second-order valence-electron chi connectivity index (χ2n) is 3.50. The molecule has 0 spiro atoms. The molecule has 0 saturated carbocycles. The number of ether oxygens (including phenoxy) is 2. The first kappa shape index (κ1) is 13.5. The summed E-state index contributed by atoms with van der Waals surface area (Å²) in [5.74, 6) is -12.4. The number of hydrogen-bond donors (Lipinski definition) is 0.